The van der Waals surface area contributed by atoms with Gasteiger partial charge in [-0.15, -0.1) is 0 Å². The summed E-state index contributed by atoms with van der Waals surface area (Å²) in [5.41, 5.74) is 0. The van der Waals surface area contributed by atoms with Gasteiger partial charge in [-0.25, -0.2) is 4.21 Å². The van der Waals surface area contributed by atoms with Crippen LogP contribution in [0.15, 0.2) is 46.7 Å². The summed E-state index contributed by atoms with van der Waals surface area (Å²) >= 11 is 0. The highest BCUT2D eigenvalue weighted by Crippen LogP contribution is 2.24. The second-order valence-corrected chi connectivity index (χ2v) is 5.78. The van der Waals surface area contributed by atoms with Crippen LogP contribution in [0.4, 0.5) is 0 Å². The number of carbonyl (C=O) groups excluding carboxylic acids is 1. The highest BCUT2D eigenvalue weighted by molar-refractivity contribution is 7.88. The monoisotopic (exact) mass is 264 g/mol. The molecule has 0 bridgehead atoms. The fraction of sp³-hybridized carbons (Fsp3) is 0.357. The van der Waals surface area contributed by atoms with Gasteiger partial charge in [0.25, 0.3) is 0 Å². The van der Waals surface area contributed by atoms with E-state index >= 15 is 0 Å². The molecule has 0 N–H and O–H groups in total. The number of benzene rings is 1. The molecule has 1 aromatic carbocycles. The normalized spacial score (nSPS) is 22.9. The molecule has 0 radical (unpaired) electrons. The Bertz CT molecular complexity index is 467. The number of hydrogen-bond donors (Lipinski definition) is 0. The predicted molar refractivity (Wildman–Crippen MR) is 70.2 cm³/mol. The van der Waals surface area contributed by atoms with Crippen molar-refractivity contribution < 1.29 is 13.7 Å². The number of ether oxygens (including phenoxy) is 1. The van der Waals surface area contributed by atoms with Crippen molar-refractivity contribution in [2.45, 2.75) is 18.2 Å². The Hall–Kier alpha value is -1.42. The van der Waals surface area contributed by atoms with Gasteiger partial charge in [0.05, 0.1) is 23.8 Å². The summed E-state index contributed by atoms with van der Waals surface area (Å²) in [6, 6.07) is 9.32. The van der Waals surface area contributed by atoms with Crippen LogP contribution in [-0.2, 0) is 20.3 Å². The molecule has 18 heavy (non-hydrogen) atoms. The zero-order valence-electron chi connectivity index (χ0n) is 10.2. The first kappa shape index (κ1) is 13.0. The predicted octanol–water partition coefficient (Wildman–Crippen LogP) is 2.51. The van der Waals surface area contributed by atoms with Gasteiger partial charge in [0.2, 0.25) is 0 Å². The molecule has 4 heteroatoms. The average Bonchev–Trinajstić information content (AvgIpc) is 2.83. The lowest BCUT2D eigenvalue weighted by Crippen LogP contribution is -2.09. The van der Waals surface area contributed by atoms with Crippen LogP contribution in [0, 0.1) is 11.8 Å². The number of esters is 1. The van der Waals surface area contributed by atoms with Crippen molar-refractivity contribution in [2.75, 3.05) is 6.61 Å². The molecule has 96 valence electrons. The molecule has 1 heterocycles. The first-order chi connectivity index (χ1) is 8.66. The Morgan fingerprint density at radius 2 is 2.11 bits per heavy atom. The minimum atomic E-state index is -1.12. The number of carbonyl (C=O) groups is 1. The van der Waals surface area contributed by atoms with Crippen molar-refractivity contribution in [3.63, 3.8) is 0 Å². The molecule has 3 nitrogen and oxygen atoms in total. The molecule has 1 fully saturated rings. The van der Waals surface area contributed by atoms with Crippen molar-refractivity contribution in [1.29, 1.82) is 0 Å². The smallest absolute Gasteiger partial charge is 0.306 e. The van der Waals surface area contributed by atoms with Gasteiger partial charge in [-0.3, -0.25) is 4.79 Å². The van der Waals surface area contributed by atoms with E-state index < -0.39 is 10.8 Å². The number of cyclic esters (lactones) is 1. The SMILES string of the molecule is C[C@H](/C=C/S(=O)c1ccccc1)[C@H]1COC(=O)C1. The van der Waals surface area contributed by atoms with Crippen molar-refractivity contribution in [3.8, 4) is 0 Å². The molecule has 3 atom stereocenters. The molecule has 1 aromatic rings. The highest BCUT2D eigenvalue weighted by Gasteiger charge is 2.27. The summed E-state index contributed by atoms with van der Waals surface area (Å²) in [5.74, 6) is 0.273. The standard InChI is InChI=1S/C14H16O3S/c1-11(12-9-14(15)17-10-12)7-8-18(16)13-5-3-2-4-6-13/h2-8,11-12H,9-10H2,1H3/b8-7+/t11-,12-,18?/m1/s1. The van der Waals surface area contributed by atoms with E-state index in [0.717, 1.165) is 4.90 Å². The Kier molecular flexibility index (Phi) is 4.31. The van der Waals surface area contributed by atoms with E-state index in [4.69, 9.17) is 4.74 Å². The van der Waals surface area contributed by atoms with Crippen LogP contribution in [0.1, 0.15) is 13.3 Å². The van der Waals surface area contributed by atoms with Gasteiger partial charge in [0.15, 0.2) is 0 Å². The summed E-state index contributed by atoms with van der Waals surface area (Å²) in [4.78, 5) is 11.8. The molecule has 2 rings (SSSR count). The van der Waals surface area contributed by atoms with Crippen molar-refractivity contribution in [1.82, 2.24) is 0 Å². The summed E-state index contributed by atoms with van der Waals surface area (Å²) in [5, 5.41) is 1.70. The van der Waals surface area contributed by atoms with Crippen LogP contribution in [0.3, 0.4) is 0 Å². The van der Waals surface area contributed by atoms with Crippen molar-refractivity contribution in [3.05, 3.63) is 41.8 Å². The third-order valence-corrected chi connectivity index (χ3v) is 4.25. The molecular formula is C14H16O3S. The quantitative estimate of drug-likeness (QED) is 0.785. The van der Waals surface area contributed by atoms with Crippen molar-refractivity contribution in [2.24, 2.45) is 11.8 Å². The number of hydrogen-bond acceptors (Lipinski definition) is 3. The van der Waals surface area contributed by atoms with Crippen LogP contribution in [0.5, 0.6) is 0 Å². The van der Waals surface area contributed by atoms with Gasteiger partial charge in [-0.2, -0.15) is 0 Å². The average molecular weight is 264 g/mol. The second kappa shape index (κ2) is 5.96. The minimum absolute atomic E-state index is 0.135. The molecule has 1 aliphatic rings. The van der Waals surface area contributed by atoms with E-state index in [1.807, 2.05) is 43.3 Å². The number of allylic oxidation sites excluding steroid dienone is 1. The summed E-state index contributed by atoms with van der Waals surface area (Å²) in [6.45, 7) is 2.49. The van der Waals surface area contributed by atoms with E-state index in [-0.39, 0.29) is 17.8 Å². The third kappa shape index (κ3) is 3.29. The molecule has 0 saturated carbocycles. The first-order valence-corrected chi connectivity index (χ1v) is 7.17. The van der Waals surface area contributed by atoms with Gasteiger partial charge in [0.1, 0.15) is 0 Å². The van der Waals surface area contributed by atoms with E-state index in [1.165, 1.54) is 0 Å². The summed E-state index contributed by atoms with van der Waals surface area (Å²) in [6.07, 6.45) is 2.37. The lowest BCUT2D eigenvalue weighted by atomic mass is 9.94. The maximum Gasteiger partial charge on any atom is 0.306 e. The number of rotatable bonds is 4. The fourth-order valence-corrected chi connectivity index (χ4v) is 2.83. The zero-order chi connectivity index (χ0) is 13.0. The van der Waals surface area contributed by atoms with Crippen LogP contribution >= 0.6 is 0 Å². The van der Waals surface area contributed by atoms with E-state index in [1.54, 1.807) is 5.41 Å². The Morgan fingerprint density at radius 3 is 2.72 bits per heavy atom. The Labute approximate surface area is 109 Å². The maximum atomic E-state index is 12.0. The highest BCUT2D eigenvalue weighted by atomic mass is 32.2. The minimum Gasteiger partial charge on any atom is -0.465 e. The summed E-state index contributed by atoms with van der Waals surface area (Å²) < 4.78 is 16.9. The van der Waals surface area contributed by atoms with Crippen LogP contribution < -0.4 is 0 Å². The van der Waals surface area contributed by atoms with Crippen LogP contribution in [-0.4, -0.2) is 16.8 Å². The third-order valence-electron chi connectivity index (χ3n) is 3.11. The molecule has 1 aliphatic heterocycles. The maximum absolute atomic E-state index is 12.0. The second-order valence-electron chi connectivity index (χ2n) is 4.45. The van der Waals surface area contributed by atoms with Gasteiger partial charge in [-0.05, 0) is 18.1 Å². The largest absolute Gasteiger partial charge is 0.465 e. The topological polar surface area (TPSA) is 43.4 Å². The summed E-state index contributed by atoms with van der Waals surface area (Å²) in [7, 11) is -1.12. The fourth-order valence-electron chi connectivity index (χ4n) is 1.86. The Balaban J connectivity index is 1.94. The molecule has 0 aromatic heterocycles. The molecule has 1 unspecified atom stereocenters. The molecule has 0 spiro atoms. The Morgan fingerprint density at radius 1 is 1.39 bits per heavy atom. The van der Waals surface area contributed by atoms with Gasteiger partial charge in [-0.1, -0.05) is 31.2 Å². The zero-order valence-corrected chi connectivity index (χ0v) is 11.1. The van der Waals surface area contributed by atoms with Crippen LogP contribution in [0.2, 0.25) is 0 Å². The molecule has 0 amide bonds. The first-order valence-electron chi connectivity index (χ1n) is 5.96. The molecular weight excluding hydrogens is 248 g/mol. The van der Waals surface area contributed by atoms with Gasteiger partial charge < -0.3 is 4.74 Å². The lowest BCUT2D eigenvalue weighted by Gasteiger charge is -2.10. The lowest BCUT2D eigenvalue weighted by molar-refractivity contribution is -0.137. The van der Waals surface area contributed by atoms with Crippen molar-refractivity contribution >= 4 is 16.8 Å². The van der Waals surface area contributed by atoms with Gasteiger partial charge >= 0.3 is 5.97 Å². The van der Waals surface area contributed by atoms with E-state index in [9.17, 15) is 9.00 Å². The van der Waals surface area contributed by atoms with E-state index in [0.29, 0.717) is 13.0 Å². The van der Waals surface area contributed by atoms with Crippen LogP contribution in [0.25, 0.3) is 0 Å². The van der Waals surface area contributed by atoms with E-state index in [2.05, 4.69) is 0 Å². The molecule has 0 aliphatic carbocycles. The molecule has 1 saturated heterocycles. The van der Waals surface area contributed by atoms with Gasteiger partial charge in [0, 0.05) is 16.2 Å².